The van der Waals surface area contributed by atoms with Crippen molar-refractivity contribution in [2.75, 3.05) is 26.4 Å². The minimum absolute atomic E-state index is 0.392. The maximum Gasteiger partial charge on any atom is 0.104 e. The van der Waals surface area contributed by atoms with Gasteiger partial charge in [-0.05, 0) is 35.1 Å². The van der Waals surface area contributed by atoms with E-state index < -0.39 is 0 Å². The summed E-state index contributed by atoms with van der Waals surface area (Å²) in [5.74, 6) is 0. The van der Waals surface area contributed by atoms with Gasteiger partial charge in [-0.25, -0.2) is 0 Å². The summed E-state index contributed by atoms with van der Waals surface area (Å²) < 4.78 is 15.1. The molecule has 3 heteroatoms. The third-order valence-electron chi connectivity index (χ3n) is 4.41. The molecule has 2 aliphatic rings. The van der Waals surface area contributed by atoms with E-state index in [1.54, 1.807) is 0 Å². The van der Waals surface area contributed by atoms with Gasteiger partial charge in [0.25, 0.3) is 0 Å². The van der Waals surface area contributed by atoms with E-state index >= 15 is 0 Å². The molecule has 27 heavy (non-hydrogen) atoms. The monoisotopic (exact) mass is 364 g/mol. The Morgan fingerprint density at radius 1 is 0.741 bits per heavy atom. The summed E-state index contributed by atoms with van der Waals surface area (Å²) in [6.45, 7) is 10.8. The lowest BCUT2D eigenvalue weighted by Crippen LogP contribution is -2.06. The van der Waals surface area contributed by atoms with Crippen molar-refractivity contribution in [1.29, 1.82) is 0 Å². The molecule has 0 radical (unpaired) electrons. The molecule has 0 amide bonds. The fraction of sp³-hybridized carbons (Fsp3) is 0.333. The molecule has 2 heterocycles. The van der Waals surface area contributed by atoms with Crippen LogP contribution in [0.2, 0.25) is 0 Å². The number of allylic oxidation sites excluding steroid dienone is 2. The molecular formula is C24H28O3. The summed E-state index contributed by atoms with van der Waals surface area (Å²) in [4.78, 5) is 0. The standard InChI is InChI=1S/C18H18.C6H10O3/c1-3-5-15-7-11-17(12-8-15)18-13-9-16(6-4-2)10-14-18;1(5-3-8-5)7-2-6-4-9-6/h3-4,7-14H,1-2,5-6H2;5-6H,1-4H2. The molecule has 2 aromatic rings. The number of hydrogen-bond acceptors (Lipinski definition) is 3. The molecule has 2 fully saturated rings. The molecule has 2 unspecified atom stereocenters. The molecule has 3 nitrogen and oxygen atoms in total. The maximum absolute atomic E-state index is 5.23. The van der Waals surface area contributed by atoms with Gasteiger partial charge in [-0.2, -0.15) is 0 Å². The topological polar surface area (TPSA) is 34.3 Å². The van der Waals surface area contributed by atoms with Crippen molar-refractivity contribution in [3.63, 3.8) is 0 Å². The highest BCUT2D eigenvalue weighted by Gasteiger charge is 2.26. The summed E-state index contributed by atoms with van der Waals surface area (Å²) >= 11 is 0. The first-order valence-electron chi connectivity index (χ1n) is 9.49. The van der Waals surface area contributed by atoms with Gasteiger partial charge >= 0.3 is 0 Å². The lowest BCUT2D eigenvalue weighted by molar-refractivity contribution is 0.102. The molecule has 0 aliphatic carbocycles. The van der Waals surface area contributed by atoms with E-state index in [2.05, 4.69) is 61.7 Å². The van der Waals surface area contributed by atoms with Crippen molar-refractivity contribution >= 4 is 0 Å². The van der Waals surface area contributed by atoms with E-state index in [1.165, 1.54) is 22.3 Å². The number of epoxide rings is 2. The molecule has 2 aliphatic heterocycles. The van der Waals surface area contributed by atoms with E-state index in [-0.39, 0.29) is 0 Å². The maximum atomic E-state index is 5.23. The fourth-order valence-electron chi connectivity index (χ4n) is 2.66. The summed E-state index contributed by atoms with van der Waals surface area (Å²) in [5, 5.41) is 0. The minimum atomic E-state index is 0.392. The Bertz CT molecular complexity index is 647. The first-order valence-corrected chi connectivity index (χ1v) is 9.49. The number of rotatable bonds is 9. The molecule has 0 N–H and O–H groups in total. The molecule has 0 saturated carbocycles. The smallest absolute Gasteiger partial charge is 0.104 e. The first-order chi connectivity index (χ1) is 13.3. The molecule has 2 aromatic carbocycles. The normalized spacial score (nSPS) is 19.6. The number of ether oxygens (including phenoxy) is 3. The van der Waals surface area contributed by atoms with Gasteiger partial charge in [0.05, 0.1) is 26.4 Å². The van der Waals surface area contributed by atoms with Gasteiger partial charge in [0.2, 0.25) is 0 Å². The lowest BCUT2D eigenvalue weighted by atomic mass is 10.0. The molecular weight excluding hydrogens is 336 g/mol. The predicted molar refractivity (Wildman–Crippen MR) is 110 cm³/mol. The van der Waals surface area contributed by atoms with Crippen LogP contribution in [0.25, 0.3) is 11.1 Å². The predicted octanol–water partition coefficient (Wildman–Crippen LogP) is 4.61. The van der Waals surface area contributed by atoms with Crippen molar-refractivity contribution in [2.24, 2.45) is 0 Å². The zero-order chi connectivity index (χ0) is 18.9. The van der Waals surface area contributed by atoms with Crippen LogP contribution in [0.3, 0.4) is 0 Å². The van der Waals surface area contributed by atoms with Crippen molar-refractivity contribution in [2.45, 2.75) is 25.0 Å². The Balaban J connectivity index is 0.000000193. The van der Waals surface area contributed by atoms with E-state index in [0.717, 1.165) is 39.3 Å². The average Bonchev–Trinajstić information content (AvgIpc) is 3.60. The van der Waals surface area contributed by atoms with Crippen LogP contribution < -0.4 is 0 Å². The number of hydrogen-bond donors (Lipinski definition) is 0. The van der Waals surface area contributed by atoms with Crippen molar-refractivity contribution in [1.82, 2.24) is 0 Å². The van der Waals surface area contributed by atoms with Crippen LogP contribution >= 0.6 is 0 Å². The summed E-state index contributed by atoms with van der Waals surface area (Å²) in [6, 6.07) is 17.3. The number of benzene rings is 2. The Morgan fingerprint density at radius 3 is 1.41 bits per heavy atom. The van der Waals surface area contributed by atoms with Crippen LogP contribution in [0.5, 0.6) is 0 Å². The highest BCUT2D eigenvalue weighted by Crippen LogP contribution is 2.21. The summed E-state index contributed by atoms with van der Waals surface area (Å²) in [5.41, 5.74) is 5.12. The molecule has 0 bridgehead atoms. The Labute approximate surface area is 162 Å². The van der Waals surface area contributed by atoms with Crippen LogP contribution in [0.15, 0.2) is 73.8 Å². The first kappa shape index (κ1) is 19.6. The Kier molecular flexibility index (Phi) is 7.40. The van der Waals surface area contributed by atoms with Crippen molar-refractivity contribution in [3.8, 4) is 11.1 Å². The quantitative estimate of drug-likeness (QED) is 0.481. The van der Waals surface area contributed by atoms with Crippen molar-refractivity contribution in [3.05, 3.63) is 85.0 Å². The molecule has 0 spiro atoms. The minimum Gasteiger partial charge on any atom is -0.376 e. The Morgan fingerprint density at radius 2 is 1.11 bits per heavy atom. The second-order valence-electron chi connectivity index (χ2n) is 6.83. The third-order valence-corrected chi connectivity index (χ3v) is 4.41. The van der Waals surface area contributed by atoms with Crippen LogP contribution in [0.1, 0.15) is 11.1 Å². The average molecular weight is 364 g/mol. The molecule has 4 rings (SSSR count). The van der Waals surface area contributed by atoms with E-state index in [4.69, 9.17) is 14.2 Å². The van der Waals surface area contributed by atoms with Crippen LogP contribution in [-0.4, -0.2) is 38.6 Å². The third kappa shape index (κ3) is 7.14. The Hall–Kier alpha value is -2.20. The highest BCUT2D eigenvalue weighted by atomic mass is 16.6. The van der Waals surface area contributed by atoms with Crippen LogP contribution in [-0.2, 0) is 27.1 Å². The van der Waals surface area contributed by atoms with Gasteiger partial charge in [0.1, 0.15) is 12.2 Å². The molecule has 2 saturated heterocycles. The van der Waals surface area contributed by atoms with E-state index in [0.29, 0.717) is 12.2 Å². The fourth-order valence-corrected chi connectivity index (χ4v) is 2.66. The lowest BCUT2D eigenvalue weighted by Gasteiger charge is -2.04. The largest absolute Gasteiger partial charge is 0.376 e. The summed E-state index contributed by atoms with van der Waals surface area (Å²) in [7, 11) is 0. The second kappa shape index (κ2) is 10.2. The molecule has 0 aromatic heterocycles. The van der Waals surface area contributed by atoms with E-state index in [9.17, 15) is 0 Å². The van der Waals surface area contributed by atoms with Crippen LogP contribution in [0.4, 0.5) is 0 Å². The summed E-state index contributed by atoms with van der Waals surface area (Å²) in [6.07, 6.45) is 6.50. The van der Waals surface area contributed by atoms with Gasteiger partial charge in [-0.15, -0.1) is 13.2 Å². The molecule has 142 valence electrons. The van der Waals surface area contributed by atoms with Gasteiger partial charge in [-0.1, -0.05) is 60.7 Å². The zero-order valence-corrected chi connectivity index (χ0v) is 15.8. The van der Waals surface area contributed by atoms with E-state index in [1.807, 2.05) is 12.2 Å². The van der Waals surface area contributed by atoms with Gasteiger partial charge in [0.15, 0.2) is 0 Å². The highest BCUT2D eigenvalue weighted by molar-refractivity contribution is 5.64. The zero-order valence-electron chi connectivity index (χ0n) is 15.8. The van der Waals surface area contributed by atoms with Gasteiger partial charge in [0, 0.05) is 0 Å². The molecule has 2 atom stereocenters. The van der Waals surface area contributed by atoms with Crippen molar-refractivity contribution < 1.29 is 14.2 Å². The van der Waals surface area contributed by atoms with Gasteiger partial charge in [-0.3, -0.25) is 0 Å². The van der Waals surface area contributed by atoms with Crippen LogP contribution in [0, 0.1) is 0 Å². The SMILES string of the molecule is C(OCC1CO1)C1CO1.C=CCc1ccc(-c2ccc(CC=C)cc2)cc1. The second-order valence-corrected chi connectivity index (χ2v) is 6.83. The van der Waals surface area contributed by atoms with Gasteiger partial charge < -0.3 is 14.2 Å².